The highest BCUT2D eigenvalue weighted by molar-refractivity contribution is 7.89. The van der Waals surface area contributed by atoms with Gasteiger partial charge in [-0.25, -0.2) is 24.0 Å². The van der Waals surface area contributed by atoms with Crippen LogP contribution >= 0.6 is 0 Å². The highest BCUT2D eigenvalue weighted by atomic mass is 32.2. The van der Waals surface area contributed by atoms with E-state index in [2.05, 4.69) is 15.1 Å². The van der Waals surface area contributed by atoms with Crippen molar-refractivity contribution in [3.63, 3.8) is 0 Å². The highest BCUT2D eigenvalue weighted by Gasteiger charge is 2.17. The molecule has 0 bridgehead atoms. The molecule has 7 nitrogen and oxygen atoms in total. The van der Waals surface area contributed by atoms with E-state index in [1.165, 1.54) is 18.3 Å². The number of pyridine rings is 1. The molecule has 1 rings (SSSR count). The van der Waals surface area contributed by atoms with Gasteiger partial charge in [-0.05, 0) is 19.4 Å². The summed E-state index contributed by atoms with van der Waals surface area (Å²) in [6, 6.07) is 2.56. The zero-order valence-electron chi connectivity index (χ0n) is 10.4. The van der Waals surface area contributed by atoms with Gasteiger partial charge in [-0.2, -0.15) is 0 Å². The molecule has 0 aliphatic heterocycles. The average Bonchev–Trinajstić information content (AvgIpc) is 2.36. The van der Waals surface area contributed by atoms with Crippen molar-refractivity contribution < 1.29 is 13.2 Å². The molecule has 0 saturated carbocycles. The first-order chi connectivity index (χ1) is 8.49. The maximum Gasteiger partial charge on any atom is 0.240 e. The van der Waals surface area contributed by atoms with Gasteiger partial charge in [0.25, 0.3) is 0 Å². The van der Waals surface area contributed by atoms with E-state index in [-0.39, 0.29) is 10.9 Å². The highest BCUT2D eigenvalue weighted by Crippen LogP contribution is 2.12. The van der Waals surface area contributed by atoms with Gasteiger partial charge in [-0.3, -0.25) is 0 Å². The van der Waals surface area contributed by atoms with Gasteiger partial charge in [0.1, 0.15) is 5.82 Å². The molecule has 1 unspecified atom stereocenters. The van der Waals surface area contributed by atoms with E-state index in [1.807, 2.05) is 0 Å². The molecule has 0 aromatic carbocycles. The summed E-state index contributed by atoms with van der Waals surface area (Å²) in [5.41, 5.74) is 2.30. The molecule has 0 aliphatic rings. The average molecular weight is 274 g/mol. The number of anilines is 1. The number of aromatic nitrogens is 1. The summed E-state index contributed by atoms with van der Waals surface area (Å²) in [4.78, 5) is 3.97. The van der Waals surface area contributed by atoms with Crippen LogP contribution in [0.3, 0.4) is 0 Å². The molecule has 1 aromatic rings. The van der Waals surface area contributed by atoms with Crippen molar-refractivity contribution in [2.45, 2.75) is 24.3 Å². The summed E-state index contributed by atoms with van der Waals surface area (Å²) < 4.78 is 31.5. The minimum absolute atomic E-state index is 0.120. The third-order valence-electron chi connectivity index (χ3n) is 2.30. The second kappa shape index (κ2) is 6.64. The van der Waals surface area contributed by atoms with Crippen LogP contribution in [0.25, 0.3) is 0 Å². The van der Waals surface area contributed by atoms with Gasteiger partial charge in [-0.1, -0.05) is 0 Å². The summed E-state index contributed by atoms with van der Waals surface area (Å²) in [7, 11) is -1.99. The van der Waals surface area contributed by atoms with E-state index in [1.54, 1.807) is 14.0 Å². The first-order valence-corrected chi connectivity index (χ1v) is 6.92. The second-order valence-corrected chi connectivity index (χ2v) is 5.54. The maximum atomic E-state index is 12.0. The maximum absolute atomic E-state index is 12.0. The third-order valence-corrected chi connectivity index (χ3v) is 3.89. The van der Waals surface area contributed by atoms with Gasteiger partial charge in [-0.15, -0.1) is 0 Å². The Morgan fingerprint density at radius 2 is 2.28 bits per heavy atom. The van der Waals surface area contributed by atoms with E-state index >= 15 is 0 Å². The van der Waals surface area contributed by atoms with Crippen molar-refractivity contribution >= 4 is 15.8 Å². The molecule has 0 radical (unpaired) electrons. The Hall–Kier alpha value is -1.22. The fraction of sp³-hybridized carbons (Fsp3) is 0.500. The largest absolute Gasteiger partial charge is 0.385 e. The van der Waals surface area contributed by atoms with E-state index in [0.29, 0.717) is 18.8 Å². The molecular formula is C10H18N4O3S. The molecule has 0 amide bonds. The predicted molar refractivity (Wildman–Crippen MR) is 68.3 cm³/mol. The van der Waals surface area contributed by atoms with Crippen molar-refractivity contribution in [1.29, 1.82) is 0 Å². The smallest absolute Gasteiger partial charge is 0.240 e. The van der Waals surface area contributed by atoms with Gasteiger partial charge >= 0.3 is 0 Å². The van der Waals surface area contributed by atoms with Crippen molar-refractivity contribution in [3.05, 3.63) is 18.3 Å². The first-order valence-electron chi connectivity index (χ1n) is 5.43. The number of hydrogen-bond acceptors (Lipinski definition) is 6. The zero-order chi connectivity index (χ0) is 13.6. The lowest BCUT2D eigenvalue weighted by atomic mass is 10.3. The molecule has 0 fully saturated rings. The molecule has 1 atom stereocenters. The number of nitrogens with zero attached hydrogens (tertiary/aromatic N) is 1. The quantitative estimate of drug-likeness (QED) is 0.480. The molecule has 102 valence electrons. The Labute approximate surface area is 107 Å². The lowest BCUT2D eigenvalue weighted by Crippen LogP contribution is -2.33. The summed E-state index contributed by atoms with van der Waals surface area (Å²) >= 11 is 0. The van der Waals surface area contributed by atoms with Gasteiger partial charge in [0.2, 0.25) is 10.0 Å². The normalized spacial score (nSPS) is 13.3. The second-order valence-electron chi connectivity index (χ2n) is 3.82. The van der Waals surface area contributed by atoms with Crippen LogP contribution in [0.4, 0.5) is 5.82 Å². The number of nitrogen functional groups attached to an aromatic ring is 1. The lowest BCUT2D eigenvalue weighted by Gasteiger charge is -2.14. The molecule has 4 N–H and O–H groups in total. The third kappa shape index (κ3) is 4.22. The van der Waals surface area contributed by atoms with E-state index in [0.717, 1.165) is 0 Å². The predicted octanol–water partition coefficient (Wildman–Crippen LogP) is 0.0705. The van der Waals surface area contributed by atoms with Crippen molar-refractivity contribution in [2.24, 2.45) is 5.84 Å². The number of nitrogens with one attached hydrogen (secondary N) is 2. The molecule has 0 saturated heterocycles. The zero-order valence-corrected chi connectivity index (χ0v) is 11.2. The van der Waals surface area contributed by atoms with Crippen molar-refractivity contribution in [3.8, 4) is 0 Å². The number of methoxy groups -OCH3 is 1. The molecule has 1 heterocycles. The van der Waals surface area contributed by atoms with Crippen LogP contribution < -0.4 is 16.0 Å². The van der Waals surface area contributed by atoms with Gasteiger partial charge < -0.3 is 10.2 Å². The number of rotatable bonds is 7. The number of hydrogen-bond donors (Lipinski definition) is 3. The van der Waals surface area contributed by atoms with Gasteiger partial charge in [0.15, 0.2) is 0 Å². The van der Waals surface area contributed by atoms with E-state index in [9.17, 15) is 8.42 Å². The van der Waals surface area contributed by atoms with Crippen LogP contribution in [-0.4, -0.2) is 33.2 Å². The minimum Gasteiger partial charge on any atom is -0.385 e. The Balaban J connectivity index is 2.79. The van der Waals surface area contributed by atoms with Crippen LogP contribution in [0.2, 0.25) is 0 Å². The van der Waals surface area contributed by atoms with Crippen LogP contribution in [0.5, 0.6) is 0 Å². The summed E-state index contributed by atoms with van der Waals surface area (Å²) in [6.07, 6.45) is 1.98. The van der Waals surface area contributed by atoms with Crippen LogP contribution in [-0.2, 0) is 14.8 Å². The topological polar surface area (TPSA) is 106 Å². The number of nitrogens with two attached hydrogens (primary N) is 1. The molecule has 8 heteroatoms. The Bertz CT molecular complexity index is 478. The van der Waals surface area contributed by atoms with E-state index < -0.39 is 10.0 Å². The Morgan fingerprint density at radius 1 is 1.56 bits per heavy atom. The number of sulfonamides is 1. The summed E-state index contributed by atoms with van der Waals surface area (Å²) in [6.45, 7) is 2.27. The van der Waals surface area contributed by atoms with Gasteiger partial charge in [0.05, 0.1) is 4.90 Å². The van der Waals surface area contributed by atoms with Crippen LogP contribution in [0.15, 0.2) is 23.2 Å². The lowest BCUT2D eigenvalue weighted by molar-refractivity contribution is 0.188. The molecular weight excluding hydrogens is 256 g/mol. The molecule has 18 heavy (non-hydrogen) atoms. The SMILES string of the molecule is COCCC(C)NS(=O)(=O)c1ccnc(NN)c1. The van der Waals surface area contributed by atoms with Gasteiger partial charge in [0, 0.05) is 32.0 Å². The Morgan fingerprint density at radius 3 is 2.89 bits per heavy atom. The molecule has 0 aliphatic carbocycles. The monoisotopic (exact) mass is 274 g/mol. The van der Waals surface area contributed by atoms with Crippen molar-refractivity contribution in [2.75, 3.05) is 19.1 Å². The van der Waals surface area contributed by atoms with E-state index in [4.69, 9.17) is 10.6 Å². The fourth-order valence-electron chi connectivity index (χ4n) is 1.34. The molecule has 1 aromatic heterocycles. The Kier molecular flexibility index (Phi) is 5.48. The molecule has 0 spiro atoms. The standard InChI is InChI=1S/C10H18N4O3S/c1-8(4-6-17-2)14-18(15,16)9-3-5-12-10(7-9)13-11/h3,5,7-8,14H,4,6,11H2,1-2H3,(H,12,13). The minimum atomic E-state index is -3.56. The van der Waals surface area contributed by atoms with Crippen LogP contribution in [0, 0.1) is 0 Å². The van der Waals surface area contributed by atoms with Crippen LogP contribution in [0.1, 0.15) is 13.3 Å². The first kappa shape index (κ1) is 14.8. The van der Waals surface area contributed by atoms with Crippen molar-refractivity contribution in [1.82, 2.24) is 9.71 Å². The number of ether oxygens (including phenoxy) is 1. The fourth-order valence-corrected chi connectivity index (χ4v) is 2.63. The number of hydrazine groups is 1. The summed E-state index contributed by atoms with van der Waals surface area (Å²) in [5, 5.41) is 0. The summed E-state index contributed by atoms with van der Waals surface area (Å²) in [5.74, 6) is 5.48.